The minimum Gasteiger partial charge on any atom is -0.492 e. The maximum Gasteiger partial charge on any atom is 0.251 e. The van der Waals surface area contributed by atoms with Crippen LogP contribution in [-0.4, -0.2) is 22.1 Å². The number of fused-ring (bicyclic) bond motifs is 1. The molecule has 0 saturated carbocycles. The van der Waals surface area contributed by atoms with Crippen LogP contribution < -0.4 is 10.1 Å². The summed E-state index contributed by atoms with van der Waals surface area (Å²) in [7, 11) is 0. The van der Waals surface area contributed by atoms with Gasteiger partial charge in [-0.2, -0.15) is 0 Å². The zero-order chi connectivity index (χ0) is 21.8. The number of aryl methyl sites for hydroxylation is 2. The van der Waals surface area contributed by atoms with Gasteiger partial charge >= 0.3 is 0 Å². The zero-order valence-electron chi connectivity index (χ0n) is 18.1. The smallest absolute Gasteiger partial charge is 0.251 e. The third-order valence-corrected chi connectivity index (χ3v) is 5.27. The highest BCUT2D eigenvalue weighted by atomic mass is 16.5. The molecule has 4 rings (SSSR count). The molecule has 1 heterocycles. The van der Waals surface area contributed by atoms with E-state index in [0.717, 1.165) is 28.2 Å². The summed E-state index contributed by atoms with van der Waals surface area (Å²) in [5, 5.41) is 3.09. The highest BCUT2D eigenvalue weighted by Crippen LogP contribution is 2.22. The Kier molecular flexibility index (Phi) is 6.03. The summed E-state index contributed by atoms with van der Waals surface area (Å²) in [6.45, 7) is 7.14. The Morgan fingerprint density at radius 2 is 1.74 bits per heavy atom. The van der Waals surface area contributed by atoms with Crippen LogP contribution in [-0.2, 0) is 6.54 Å². The van der Waals surface area contributed by atoms with E-state index in [1.54, 1.807) is 0 Å². The van der Waals surface area contributed by atoms with Gasteiger partial charge < -0.3 is 14.6 Å². The van der Waals surface area contributed by atoms with Crippen LogP contribution in [0.5, 0.6) is 5.75 Å². The van der Waals surface area contributed by atoms with Crippen molar-refractivity contribution in [3.05, 3.63) is 95.3 Å². The van der Waals surface area contributed by atoms with Crippen molar-refractivity contribution in [1.29, 1.82) is 0 Å². The second-order valence-corrected chi connectivity index (χ2v) is 7.84. The minimum atomic E-state index is -0.251. The van der Waals surface area contributed by atoms with Gasteiger partial charge in [0.15, 0.2) is 0 Å². The number of para-hydroxylation sites is 2. The van der Waals surface area contributed by atoms with E-state index in [1.807, 2.05) is 93.6 Å². The van der Waals surface area contributed by atoms with Crippen LogP contribution in [0.1, 0.15) is 40.3 Å². The van der Waals surface area contributed by atoms with Gasteiger partial charge in [0.05, 0.1) is 23.6 Å². The molecule has 5 nitrogen and oxygen atoms in total. The third-order valence-electron chi connectivity index (χ3n) is 5.27. The fourth-order valence-electron chi connectivity index (χ4n) is 3.75. The lowest BCUT2D eigenvalue weighted by Crippen LogP contribution is -2.29. The number of carbonyl (C=O) groups is 1. The number of hydrogen-bond acceptors (Lipinski definition) is 3. The molecule has 158 valence electrons. The zero-order valence-corrected chi connectivity index (χ0v) is 18.1. The fourth-order valence-corrected chi connectivity index (χ4v) is 3.75. The van der Waals surface area contributed by atoms with Gasteiger partial charge in [-0.15, -0.1) is 0 Å². The first-order chi connectivity index (χ1) is 15.0. The quantitative estimate of drug-likeness (QED) is 0.452. The molecular formula is C26H27N3O2. The van der Waals surface area contributed by atoms with Gasteiger partial charge in [0.1, 0.15) is 18.2 Å². The van der Waals surface area contributed by atoms with Crippen molar-refractivity contribution in [1.82, 2.24) is 14.9 Å². The van der Waals surface area contributed by atoms with Gasteiger partial charge in [0, 0.05) is 5.56 Å². The number of imidazole rings is 1. The molecule has 0 aliphatic rings. The first-order valence-corrected chi connectivity index (χ1v) is 10.5. The van der Waals surface area contributed by atoms with Crippen LogP contribution in [0.2, 0.25) is 0 Å². The van der Waals surface area contributed by atoms with Crippen LogP contribution in [0.15, 0.2) is 72.8 Å². The monoisotopic (exact) mass is 413 g/mol. The maximum atomic E-state index is 12.8. The number of ether oxygens (including phenoxy) is 1. The summed E-state index contributed by atoms with van der Waals surface area (Å²) in [4.78, 5) is 17.6. The van der Waals surface area contributed by atoms with Gasteiger partial charge in [-0.3, -0.25) is 4.79 Å². The third kappa shape index (κ3) is 4.77. The number of aromatic nitrogens is 2. The molecule has 4 aromatic rings. The van der Waals surface area contributed by atoms with Crippen molar-refractivity contribution in [3.63, 3.8) is 0 Å². The Labute approximate surface area is 182 Å². The summed E-state index contributed by atoms with van der Waals surface area (Å²) in [5.41, 5.74) is 4.81. The number of hydrogen-bond donors (Lipinski definition) is 1. The Hall–Kier alpha value is -3.60. The number of carbonyl (C=O) groups excluding carboxylic acids is 1. The summed E-state index contributed by atoms with van der Waals surface area (Å²) in [6.07, 6.45) is 0. The molecule has 0 fully saturated rings. The van der Waals surface area contributed by atoms with E-state index < -0.39 is 0 Å². The first kappa shape index (κ1) is 20.7. The molecule has 0 radical (unpaired) electrons. The first-order valence-electron chi connectivity index (χ1n) is 10.5. The van der Waals surface area contributed by atoms with Crippen LogP contribution >= 0.6 is 0 Å². The molecule has 0 aliphatic heterocycles. The van der Waals surface area contributed by atoms with Crippen molar-refractivity contribution in [2.75, 3.05) is 6.61 Å². The van der Waals surface area contributed by atoms with Crippen LogP contribution in [0.25, 0.3) is 11.0 Å². The molecule has 0 bridgehead atoms. The SMILES string of the molecule is Cc1cccc(OCCn2c(C(C)NC(=O)c3cccc(C)c3)nc3ccccc32)c1. The molecule has 0 spiro atoms. The molecule has 31 heavy (non-hydrogen) atoms. The fraction of sp³-hybridized carbons (Fsp3) is 0.231. The number of nitrogens with one attached hydrogen (secondary N) is 1. The summed E-state index contributed by atoms with van der Waals surface area (Å²) >= 11 is 0. The van der Waals surface area contributed by atoms with Crippen LogP contribution in [0, 0.1) is 13.8 Å². The summed E-state index contributed by atoms with van der Waals surface area (Å²) < 4.78 is 8.10. The molecule has 1 amide bonds. The summed E-state index contributed by atoms with van der Waals surface area (Å²) in [5.74, 6) is 1.56. The van der Waals surface area contributed by atoms with Crippen molar-refractivity contribution in [2.45, 2.75) is 33.4 Å². The molecule has 3 aromatic carbocycles. The minimum absolute atomic E-state index is 0.106. The summed E-state index contributed by atoms with van der Waals surface area (Å²) in [6, 6.07) is 23.4. The Morgan fingerprint density at radius 1 is 1.00 bits per heavy atom. The topological polar surface area (TPSA) is 56.1 Å². The average Bonchev–Trinajstić information content (AvgIpc) is 3.13. The Balaban J connectivity index is 1.54. The van der Waals surface area contributed by atoms with E-state index in [9.17, 15) is 4.79 Å². The predicted octanol–water partition coefficient (Wildman–Crippen LogP) is 5.22. The normalized spacial score (nSPS) is 12.0. The highest BCUT2D eigenvalue weighted by Gasteiger charge is 2.19. The lowest BCUT2D eigenvalue weighted by Gasteiger charge is -2.17. The van der Waals surface area contributed by atoms with Gasteiger partial charge in [-0.05, 0) is 62.7 Å². The van der Waals surface area contributed by atoms with Crippen molar-refractivity contribution >= 4 is 16.9 Å². The molecule has 1 unspecified atom stereocenters. The second kappa shape index (κ2) is 9.04. The van der Waals surface area contributed by atoms with E-state index in [-0.39, 0.29) is 11.9 Å². The molecule has 0 aliphatic carbocycles. The van der Waals surface area contributed by atoms with E-state index in [0.29, 0.717) is 18.7 Å². The Morgan fingerprint density at radius 3 is 2.52 bits per heavy atom. The van der Waals surface area contributed by atoms with E-state index in [4.69, 9.17) is 9.72 Å². The largest absolute Gasteiger partial charge is 0.492 e. The number of benzene rings is 3. The van der Waals surface area contributed by atoms with Gasteiger partial charge in [-0.1, -0.05) is 42.0 Å². The average molecular weight is 414 g/mol. The lowest BCUT2D eigenvalue weighted by molar-refractivity contribution is 0.0937. The Bertz CT molecular complexity index is 1210. The molecule has 1 aromatic heterocycles. The van der Waals surface area contributed by atoms with Gasteiger partial charge in [-0.25, -0.2) is 4.98 Å². The van der Waals surface area contributed by atoms with E-state index in [1.165, 1.54) is 5.56 Å². The predicted molar refractivity (Wildman–Crippen MR) is 123 cm³/mol. The number of nitrogens with zero attached hydrogens (tertiary/aromatic N) is 2. The highest BCUT2D eigenvalue weighted by molar-refractivity contribution is 5.94. The molecule has 1 atom stereocenters. The standard InChI is InChI=1S/C26H27N3O2/c1-18-8-6-10-21(16-18)26(30)27-20(3)25-28-23-12-4-5-13-24(23)29(25)14-15-31-22-11-7-9-19(2)17-22/h4-13,16-17,20H,14-15H2,1-3H3,(H,27,30). The molecular weight excluding hydrogens is 386 g/mol. The molecule has 1 N–H and O–H groups in total. The maximum absolute atomic E-state index is 12.8. The van der Waals surface area contributed by atoms with Crippen molar-refractivity contribution < 1.29 is 9.53 Å². The van der Waals surface area contributed by atoms with Crippen molar-refractivity contribution in [3.8, 4) is 5.75 Å². The van der Waals surface area contributed by atoms with E-state index in [2.05, 4.69) is 9.88 Å². The number of rotatable bonds is 7. The van der Waals surface area contributed by atoms with E-state index >= 15 is 0 Å². The second-order valence-electron chi connectivity index (χ2n) is 7.84. The molecule has 0 saturated heterocycles. The molecule has 5 heteroatoms. The lowest BCUT2D eigenvalue weighted by atomic mass is 10.1. The van der Waals surface area contributed by atoms with Crippen LogP contribution in [0.4, 0.5) is 0 Å². The van der Waals surface area contributed by atoms with Gasteiger partial charge in [0.2, 0.25) is 0 Å². The van der Waals surface area contributed by atoms with Crippen LogP contribution in [0.3, 0.4) is 0 Å². The van der Waals surface area contributed by atoms with Gasteiger partial charge in [0.25, 0.3) is 5.91 Å². The number of amides is 1. The van der Waals surface area contributed by atoms with Crippen molar-refractivity contribution in [2.24, 2.45) is 0 Å².